The number of benzene rings is 2. The molecule has 0 fully saturated rings. The summed E-state index contributed by atoms with van der Waals surface area (Å²) in [5.74, 6) is 0.353. The quantitative estimate of drug-likeness (QED) is 0.328. The lowest BCUT2D eigenvalue weighted by atomic mass is 10.2. The third kappa shape index (κ3) is 6.41. The van der Waals surface area contributed by atoms with E-state index in [0.29, 0.717) is 31.1 Å². The van der Waals surface area contributed by atoms with E-state index in [4.69, 9.17) is 14.2 Å². The second kappa shape index (κ2) is 11.8. The molecule has 2 heterocycles. The molecule has 2 aromatic carbocycles. The number of hydrogen-bond donors (Lipinski definition) is 0. The van der Waals surface area contributed by atoms with E-state index < -0.39 is 15.8 Å². The summed E-state index contributed by atoms with van der Waals surface area (Å²) in [7, 11) is -2.51. The molecular weight excluding hydrogens is 507 g/mol. The molecule has 36 heavy (non-hydrogen) atoms. The van der Waals surface area contributed by atoms with Crippen LogP contribution in [0.1, 0.15) is 16.9 Å². The Morgan fingerprint density at radius 2 is 1.86 bits per heavy atom. The van der Waals surface area contributed by atoms with E-state index in [2.05, 4.69) is 0 Å². The zero-order valence-corrected chi connectivity index (χ0v) is 21.4. The topological polar surface area (TPSA) is 85.4 Å². The zero-order valence-electron chi connectivity index (χ0n) is 19.8. The summed E-state index contributed by atoms with van der Waals surface area (Å²) in [4.78, 5) is 16.1. The van der Waals surface area contributed by atoms with Crippen LogP contribution in [0.3, 0.4) is 0 Å². The predicted molar refractivity (Wildman–Crippen MR) is 133 cm³/mol. The minimum absolute atomic E-state index is 0.0744. The smallest absolute Gasteiger partial charge is 0.243 e. The molecule has 0 saturated heterocycles. The number of fused-ring (bicyclic) bond motifs is 1. The molecular formula is C25H27FN2O6S2. The van der Waals surface area contributed by atoms with Crippen LogP contribution in [-0.2, 0) is 32.6 Å². The van der Waals surface area contributed by atoms with Gasteiger partial charge in [-0.25, -0.2) is 12.8 Å². The first kappa shape index (κ1) is 26.1. The molecule has 4 rings (SSSR count). The second-order valence-corrected chi connectivity index (χ2v) is 11.1. The second-order valence-electron chi connectivity index (χ2n) is 8.16. The SMILES string of the molecule is COCCCN(CC(=O)N(Cc1ccc2c(c1)OCO2)Cc1cccs1)S(=O)(=O)c1ccc(F)cc1. The number of sulfonamides is 1. The Bertz CT molecular complexity index is 1270. The molecule has 1 aliphatic rings. The van der Waals surface area contributed by atoms with Crippen LogP contribution in [0.4, 0.5) is 4.39 Å². The lowest BCUT2D eigenvalue weighted by molar-refractivity contribution is -0.132. The van der Waals surface area contributed by atoms with E-state index in [-0.39, 0.29) is 37.2 Å². The first-order valence-corrected chi connectivity index (χ1v) is 13.6. The molecule has 8 nitrogen and oxygen atoms in total. The molecule has 1 aliphatic heterocycles. The highest BCUT2D eigenvalue weighted by Gasteiger charge is 2.29. The number of hydrogen-bond acceptors (Lipinski definition) is 7. The van der Waals surface area contributed by atoms with E-state index in [1.165, 1.54) is 30.6 Å². The monoisotopic (exact) mass is 534 g/mol. The highest BCUT2D eigenvalue weighted by atomic mass is 32.2. The molecule has 192 valence electrons. The first-order chi connectivity index (χ1) is 17.4. The van der Waals surface area contributed by atoms with Gasteiger partial charge in [0.25, 0.3) is 0 Å². The van der Waals surface area contributed by atoms with Gasteiger partial charge in [-0.3, -0.25) is 4.79 Å². The van der Waals surface area contributed by atoms with E-state index >= 15 is 0 Å². The lowest BCUT2D eigenvalue weighted by Gasteiger charge is -2.27. The molecule has 0 N–H and O–H groups in total. The Morgan fingerprint density at radius 1 is 1.08 bits per heavy atom. The lowest BCUT2D eigenvalue weighted by Crippen LogP contribution is -2.43. The van der Waals surface area contributed by atoms with Crippen LogP contribution < -0.4 is 9.47 Å². The van der Waals surface area contributed by atoms with Crippen molar-refractivity contribution in [3.8, 4) is 11.5 Å². The van der Waals surface area contributed by atoms with Crippen LogP contribution in [0.2, 0.25) is 0 Å². The van der Waals surface area contributed by atoms with Crippen molar-refractivity contribution in [1.29, 1.82) is 0 Å². The number of thiophene rings is 1. The molecule has 0 saturated carbocycles. The summed E-state index contributed by atoms with van der Waals surface area (Å²) < 4.78 is 57.2. The third-order valence-corrected chi connectivity index (χ3v) is 8.33. The predicted octanol–water partition coefficient (Wildman–Crippen LogP) is 3.87. The Balaban J connectivity index is 1.57. The molecule has 0 bridgehead atoms. The van der Waals surface area contributed by atoms with Crippen molar-refractivity contribution in [2.45, 2.75) is 24.4 Å². The number of methoxy groups -OCH3 is 1. The number of carbonyl (C=O) groups excluding carboxylic acids is 1. The van der Waals surface area contributed by atoms with Crippen LogP contribution in [0.25, 0.3) is 0 Å². The van der Waals surface area contributed by atoms with Crippen molar-refractivity contribution in [3.05, 3.63) is 76.2 Å². The molecule has 1 amide bonds. The van der Waals surface area contributed by atoms with Gasteiger partial charge in [0.1, 0.15) is 5.82 Å². The van der Waals surface area contributed by atoms with E-state index in [1.807, 2.05) is 29.6 Å². The number of halogens is 1. The molecule has 0 aliphatic carbocycles. The van der Waals surface area contributed by atoms with Gasteiger partial charge >= 0.3 is 0 Å². The molecule has 0 unspecified atom stereocenters. The number of ether oxygens (including phenoxy) is 3. The van der Waals surface area contributed by atoms with E-state index in [9.17, 15) is 17.6 Å². The van der Waals surface area contributed by atoms with Crippen molar-refractivity contribution >= 4 is 27.3 Å². The van der Waals surface area contributed by atoms with Gasteiger partial charge in [0, 0.05) is 31.7 Å². The maximum atomic E-state index is 13.6. The number of rotatable bonds is 12. The van der Waals surface area contributed by atoms with Gasteiger partial charge < -0.3 is 19.1 Å². The Kier molecular flexibility index (Phi) is 8.57. The average Bonchev–Trinajstić information content (AvgIpc) is 3.55. The minimum atomic E-state index is -4.04. The van der Waals surface area contributed by atoms with Crippen LogP contribution in [0.15, 0.2) is 64.9 Å². The maximum Gasteiger partial charge on any atom is 0.243 e. The normalized spacial score (nSPS) is 12.8. The summed E-state index contributed by atoms with van der Waals surface area (Å²) in [5.41, 5.74) is 0.830. The fraction of sp³-hybridized carbons (Fsp3) is 0.320. The van der Waals surface area contributed by atoms with Crippen LogP contribution in [-0.4, -0.2) is 57.1 Å². The van der Waals surface area contributed by atoms with E-state index in [1.54, 1.807) is 11.0 Å². The molecule has 0 atom stereocenters. The van der Waals surface area contributed by atoms with Gasteiger partial charge in [-0.2, -0.15) is 4.31 Å². The van der Waals surface area contributed by atoms with Crippen LogP contribution in [0, 0.1) is 5.82 Å². The summed E-state index contributed by atoms with van der Waals surface area (Å²) in [6.45, 7) is 0.785. The van der Waals surface area contributed by atoms with Gasteiger partial charge in [0.05, 0.1) is 18.0 Å². The molecule has 3 aromatic rings. The highest BCUT2D eigenvalue weighted by Crippen LogP contribution is 2.33. The molecule has 1 aromatic heterocycles. The zero-order chi connectivity index (χ0) is 25.5. The standard InChI is InChI=1S/C25H27FN2O6S2/c1-32-12-3-11-28(36(30,31)22-8-6-20(26)7-9-22)17-25(29)27(16-21-4-2-13-35-21)15-19-5-10-23-24(14-19)34-18-33-23/h2,4-10,13-14H,3,11-12,15-18H2,1H3. The number of nitrogens with zero attached hydrogens (tertiary/aromatic N) is 2. The molecule has 11 heteroatoms. The molecule has 0 radical (unpaired) electrons. The Morgan fingerprint density at radius 3 is 2.58 bits per heavy atom. The summed E-state index contributed by atoms with van der Waals surface area (Å²) >= 11 is 1.52. The minimum Gasteiger partial charge on any atom is -0.454 e. The van der Waals surface area contributed by atoms with Crippen molar-refractivity contribution in [2.75, 3.05) is 33.6 Å². The maximum absolute atomic E-state index is 13.6. The fourth-order valence-electron chi connectivity index (χ4n) is 3.76. The van der Waals surface area contributed by atoms with Gasteiger partial charge in [0.2, 0.25) is 22.7 Å². The summed E-state index contributed by atoms with van der Waals surface area (Å²) in [5, 5.41) is 1.93. The van der Waals surface area contributed by atoms with Gasteiger partial charge in [-0.05, 0) is 59.8 Å². The van der Waals surface area contributed by atoms with Gasteiger partial charge in [0.15, 0.2) is 11.5 Å². The van der Waals surface area contributed by atoms with E-state index in [0.717, 1.165) is 26.9 Å². The first-order valence-electron chi connectivity index (χ1n) is 11.3. The summed E-state index contributed by atoms with van der Waals surface area (Å²) in [6.07, 6.45) is 0.400. The van der Waals surface area contributed by atoms with Gasteiger partial charge in [-0.1, -0.05) is 12.1 Å². The number of carbonyl (C=O) groups is 1. The van der Waals surface area contributed by atoms with Crippen LogP contribution in [0.5, 0.6) is 11.5 Å². The highest BCUT2D eigenvalue weighted by molar-refractivity contribution is 7.89. The third-order valence-electron chi connectivity index (χ3n) is 5.61. The van der Waals surface area contributed by atoms with Crippen molar-refractivity contribution in [1.82, 2.24) is 9.21 Å². The van der Waals surface area contributed by atoms with Crippen molar-refractivity contribution in [3.63, 3.8) is 0 Å². The van der Waals surface area contributed by atoms with Crippen LogP contribution >= 0.6 is 11.3 Å². The number of amides is 1. The van der Waals surface area contributed by atoms with Crippen molar-refractivity contribution < 1.29 is 31.8 Å². The Hall–Kier alpha value is -2.99. The summed E-state index contributed by atoms with van der Waals surface area (Å²) in [6, 6.07) is 13.9. The Labute approximate surface area is 213 Å². The average molecular weight is 535 g/mol. The molecule has 0 spiro atoms. The van der Waals surface area contributed by atoms with Gasteiger partial charge in [-0.15, -0.1) is 11.3 Å². The van der Waals surface area contributed by atoms with Crippen molar-refractivity contribution in [2.24, 2.45) is 0 Å². The fourth-order valence-corrected chi connectivity index (χ4v) is 5.91. The largest absolute Gasteiger partial charge is 0.454 e.